The number of hydrogen-bond donors (Lipinski definition) is 1. The van der Waals surface area contributed by atoms with Gasteiger partial charge in [0.1, 0.15) is 0 Å². The van der Waals surface area contributed by atoms with Gasteiger partial charge in [-0.05, 0) is 73.7 Å². The number of nitrogens with zero attached hydrogens (tertiary/aromatic N) is 2. The van der Waals surface area contributed by atoms with Gasteiger partial charge in [0.25, 0.3) is 0 Å². The Morgan fingerprint density at radius 1 is 0.833 bits per heavy atom. The van der Waals surface area contributed by atoms with Gasteiger partial charge in [-0.1, -0.05) is 135 Å². The van der Waals surface area contributed by atoms with Crippen molar-refractivity contribution in [3.63, 3.8) is 0 Å². The molecule has 7 rings (SSSR count). The molecule has 1 aliphatic heterocycles. The zero-order valence-corrected chi connectivity index (χ0v) is 27.9. The van der Waals surface area contributed by atoms with Gasteiger partial charge in [0.05, 0.1) is 22.4 Å². The number of rotatable bonds is 10. The van der Waals surface area contributed by atoms with Gasteiger partial charge in [0.15, 0.2) is 0 Å². The summed E-state index contributed by atoms with van der Waals surface area (Å²) in [6.45, 7) is 15.2. The van der Waals surface area contributed by atoms with Crippen molar-refractivity contribution in [2.45, 2.75) is 38.6 Å². The molecule has 3 nitrogen and oxygen atoms in total. The maximum absolute atomic E-state index is 5.24. The monoisotopic (exact) mass is 623 g/mol. The van der Waals surface area contributed by atoms with E-state index in [0.29, 0.717) is 0 Å². The molecule has 1 N–H and O–H groups in total. The molecule has 5 aromatic carbocycles. The third-order valence-corrected chi connectivity index (χ3v) is 9.41. The van der Waals surface area contributed by atoms with E-state index in [1.165, 1.54) is 27.4 Å². The Hall–Kier alpha value is -5.67. The predicted octanol–water partition coefficient (Wildman–Crippen LogP) is 11.4. The Labute approximate surface area is 284 Å². The average molecular weight is 624 g/mol. The van der Waals surface area contributed by atoms with E-state index >= 15 is 0 Å². The molecule has 48 heavy (non-hydrogen) atoms. The number of aliphatic imine (C=N–C) groups is 1. The van der Waals surface area contributed by atoms with E-state index in [2.05, 4.69) is 165 Å². The molecule has 0 saturated heterocycles. The van der Waals surface area contributed by atoms with Crippen LogP contribution in [0.2, 0.25) is 0 Å². The fourth-order valence-corrected chi connectivity index (χ4v) is 7.06. The van der Waals surface area contributed by atoms with Gasteiger partial charge in [-0.15, -0.1) is 0 Å². The Kier molecular flexibility index (Phi) is 8.29. The highest BCUT2D eigenvalue weighted by Gasteiger charge is 2.39. The summed E-state index contributed by atoms with van der Waals surface area (Å²) >= 11 is 0. The Bertz CT molecular complexity index is 2240. The Morgan fingerprint density at radius 2 is 1.54 bits per heavy atom. The van der Waals surface area contributed by atoms with Crippen molar-refractivity contribution in [1.82, 2.24) is 9.88 Å². The van der Waals surface area contributed by atoms with Crippen molar-refractivity contribution < 1.29 is 0 Å². The molecular weight excluding hydrogens is 583 g/mol. The normalized spacial score (nSPS) is 14.6. The van der Waals surface area contributed by atoms with Gasteiger partial charge in [-0.3, -0.25) is 4.99 Å². The second-order valence-electron chi connectivity index (χ2n) is 13.1. The van der Waals surface area contributed by atoms with Crippen molar-refractivity contribution in [1.29, 1.82) is 0 Å². The summed E-state index contributed by atoms with van der Waals surface area (Å²) in [6.07, 6.45) is 9.30. The van der Waals surface area contributed by atoms with Crippen LogP contribution in [0.3, 0.4) is 0 Å². The van der Waals surface area contributed by atoms with Crippen LogP contribution in [0.4, 0.5) is 5.69 Å². The summed E-state index contributed by atoms with van der Waals surface area (Å²) in [5.74, 6) is 0. The molecule has 1 unspecified atom stereocenters. The van der Waals surface area contributed by atoms with Gasteiger partial charge in [-0.2, -0.15) is 0 Å². The van der Waals surface area contributed by atoms with Crippen LogP contribution in [-0.4, -0.2) is 16.3 Å². The molecule has 0 radical (unpaired) electrons. The molecule has 0 amide bonds. The molecule has 1 atom stereocenters. The smallest absolute Gasteiger partial charge is 0.0696 e. The van der Waals surface area contributed by atoms with Crippen LogP contribution in [0, 0.1) is 0 Å². The predicted molar refractivity (Wildman–Crippen MR) is 206 cm³/mol. The number of hydrogen-bond acceptors (Lipinski definition) is 2. The molecule has 0 spiro atoms. The minimum absolute atomic E-state index is 0.255. The number of allylic oxidation sites excluding steroid dienone is 4. The highest BCUT2D eigenvalue weighted by atomic mass is 15.0. The topological polar surface area (TPSA) is 29.3 Å². The van der Waals surface area contributed by atoms with Crippen molar-refractivity contribution in [2.24, 2.45) is 4.99 Å². The maximum atomic E-state index is 5.24. The first kappa shape index (κ1) is 31.0. The van der Waals surface area contributed by atoms with E-state index in [4.69, 9.17) is 4.99 Å². The first-order chi connectivity index (χ1) is 23.4. The summed E-state index contributed by atoms with van der Waals surface area (Å²) in [6, 6.07) is 43.0. The lowest BCUT2D eigenvalue weighted by Gasteiger charge is -2.24. The lowest BCUT2D eigenvalue weighted by molar-refractivity contribution is 0.662. The van der Waals surface area contributed by atoms with Gasteiger partial charge in [-0.25, -0.2) is 0 Å². The van der Waals surface area contributed by atoms with E-state index in [1.807, 2.05) is 24.3 Å². The third kappa shape index (κ3) is 5.62. The number of benzene rings is 5. The Balaban J connectivity index is 1.23. The summed E-state index contributed by atoms with van der Waals surface area (Å²) in [7, 11) is 0. The van der Waals surface area contributed by atoms with Crippen LogP contribution in [0.15, 0.2) is 164 Å². The summed E-state index contributed by atoms with van der Waals surface area (Å²) in [5, 5.41) is 6.00. The Morgan fingerprint density at radius 3 is 2.31 bits per heavy atom. The maximum Gasteiger partial charge on any atom is 0.0696 e. The van der Waals surface area contributed by atoms with Crippen LogP contribution < -0.4 is 5.32 Å². The van der Waals surface area contributed by atoms with Crippen molar-refractivity contribution in [3.8, 4) is 5.69 Å². The summed E-state index contributed by atoms with van der Waals surface area (Å²) in [5.41, 5.74) is 12.1. The van der Waals surface area contributed by atoms with Crippen molar-refractivity contribution >= 4 is 44.5 Å². The molecule has 0 bridgehead atoms. The SMILES string of the molecule is C=C/C(=C\C=C/CC(C)NC(=C)c1ccccc1)c1cccc(-n2c3ccccc3c3ccc4c(c32)C(C)(C)C(c2ccccc2)=N4)c1. The fourth-order valence-electron chi connectivity index (χ4n) is 7.06. The molecule has 0 saturated carbocycles. The third-order valence-electron chi connectivity index (χ3n) is 9.41. The molecule has 0 fully saturated rings. The van der Waals surface area contributed by atoms with E-state index < -0.39 is 0 Å². The zero-order valence-electron chi connectivity index (χ0n) is 27.9. The minimum atomic E-state index is -0.281. The van der Waals surface area contributed by atoms with E-state index in [9.17, 15) is 0 Å². The van der Waals surface area contributed by atoms with Crippen LogP contribution in [0.1, 0.15) is 49.4 Å². The van der Waals surface area contributed by atoms with Gasteiger partial charge in [0, 0.05) is 39.2 Å². The number of nitrogens with one attached hydrogen (secondary N) is 1. The lowest BCUT2D eigenvalue weighted by Crippen LogP contribution is -2.27. The second-order valence-corrected chi connectivity index (χ2v) is 13.1. The highest BCUT2D eigenvalue weighted by molar-refractivity contribution is 6.19. The number of aromatic nitrogens is 1. The van der Waals surface area contributed by atoms with Crippen LogP contribution in [0.5, 0.6) is 0 Å². The van der Waals surface area contributed by atoms with E-state index in [0.717, 1.165) is 51.5 Å². The summed E-state index contributed by atoms with van der Waals surface area (Å²) in [4.78, 5) is 5.24. The molecular formula is C45H41N3. The van der Waals surface area contributed by atoms with Crippen molar-refractivity contribution in [2.75, 3.05) is 0 Å². The molecule has 6 aromatic rings. The molecule has 2 heterocycles. The molecule has 0 aliphatic carbocycles. The average Bonchev–Trinajstić information content (AvgIpc) is 3.59. The van der Waals surface area contributed by atoms with Gasteiger partial charge in [0.2, 0.25) is 0 Å². The minimum Gasteiger partial charge on any atom is -0.382 e. The fraction of sp³-hybridized carbons (Fsp3) is 0.133. The largest absolute Gasteiger partial charge is 0.382 e. The standard InChI is InChI=1S/C45H41N3/c1-6-33(19-14-13-18-31(2)46-32(3)34-20-9-7-10-21-34)36-24-17-25-37(30-36)48-41-27-16-15-26-38(41)39-28-29-40-42(43(39)48)45(4,5)44(47-40)35-22-11-8-12-23-35/h6-17,19-31,46H,1,3,18H2,2,4-5H3/b14-13-,33-19+. The van der Waals surface area contributed by atoms with Gasteiger partial charge < -0.3 is 9.88 Å². The molecule has 236 valence electrons. The van der Waals surface area contributed by atoms with Crippen LogP contribution in [0.25, 0.3) is 38.8 Å². The molecule has 1 aromatic heterocycles. The number of fused-ring (bicyclic) bond motifs is 5. The first-order valence-electron chi connectivity index (χ1n) is 16.7. The summed E-state index contributed by atoms with van der Waals surface area (Å²) < 4.78 is 2.43. The second kappa shape index (κ2) is 12.8. The van der Waals surface area contributed by atoms with E-state index in [-0.39, 0.29) is 11.5 Å². The van der Waals surface area contributed by atoms with Crippen LogP contribution >= 0.6 is 0 Å². The van der Waals surface area contributed by atoms with Gasteiger partial charge >= 0.3 is 0 Å². The van der Waals surface area contributed by atoms with Crippen molar-refractivity contribution in [3.05, 3.63) is 181 Å². The molecule has 3 heteroatoms. The molecule has 1 aliphatic rings. The number of para-hydroxylation sites is 1. The lowest BCUT2D eigenvalue weighted by atomic mass is 9.78. The van der Waals surface area contributed by atoms with Crippen LogP contribution in [-0.2, 0) is 5.41 Å². The quantitative estimate of drug-likeness (QED) is 0.151. The zero-order chi connectivity index (χ0) is 33.3. The highest BCUT2D eigenvalue weighted by Crippen LogP contribution is 2.48. The van der Waals surface area contributed by atoms with E-state index in [1.54, 1.807) is 0 Å². The first-order valence-corrected chi connectivity index (χ1v) is 16.7.